The largest absolute Gasteiger partial charge is 0.0622 e. The van der Waals surface area contributed by atoms with E-state index in [0.717, 1.165) is 0 Å². The third-order valence-electron chi connectivity index (χ3n) is 14.4. The van der Waals surface area contributed by atoms with Crippen LogP contribution in [-0.2, 0) is 0 Å². The molecule has 14 rings (SSSR count). The predicted octanol–water partition coefficient (Wildman–Crippen LogP) is 18.6. The maximum absolute atomic E-state index is 2.55. The quantitative estimate of drug-likeness (QED) is 0.146. The molecule has 14 aromatic carbocycles. The van der Waals surface area contributed by atoms with Crippen molar-refractivity contribution in [3.63, 3.8) is 0 Å². The molecule has 0 heterocycles. The van der Waals surface area contributed by atoms with Crippen LogP contribution in [0, 0.1) is 0 Å². The van der Waals surface area contributed by atoms with Gasteiger partial charge < -0.3 is 0 Å². The van der Waals surface area contributed by atoms with Crippen molar-refractivity contribution in [3.05, 3.63) is 243 Å². The zero-order valence-electron chi connectivity index (χ0n) is 36.1. The van der Waals surface area contributed by atoms with Gasteiger partial charge in [-0.2, -0.15) is 0 Å². The Labute approximate surface area is 383 Å². The highest BCUT2D eigenvalue weighted by Gasteiger charge is 2.27. The highest BCUT2D eigenvalue weighted by Crippen LogP contribution is 2.55. The number of hydrogen-bond acceptors (Lipinski definition) is 0. The number of rotatable bonds is 6. The molecule has 0 aliphatic rings. The molecule has 0 aromatic heterocycles. The minimum Gasteiger partial charge on any atom is -0.0622 e. The highest BCUT2D eigenvalue weighted by molar-refractivity contribution is 6.45. The maximum Gasteiger partial charge on any atom is -0.000719 e. The van der Waals surface area contributed by atoms with E-state index in [1.807, 2.05) is 0 Å². The Kier molecular flexibility index (Phi) is 8.08. The van der Waals surface area contributed by atoms with Gasteiger partial charge in [0.25, 0.3) is 0 Å². The first-order valence-corrected chi connectivity index (χ1v) is 23.0. The lowest BCUT2D eigenvalue weighted by atomic mass is 9.84. The molecular weight excluding hydrogens is 793 g/mol. The minimum absolute atomic E-state index is 1.22. The molecular formula is C66H40. The average Bonchev–Trinajstić information content (AvgIpc) is 3.90. The fourth-order valence-electron chi connectivity index (χ4n) is 11.7. The fourth-order valence-corrected chi connectivity index (χ4v) is 11.7. The molecule has 14 aromatic rings. The zero-order chi connectivity index (χ0) is 43.3. The van der Waals surface area contributed by atoms with Gasteiger partial charge in [-0.05, 0) is 154 Å². The van der Waals surface area contributed by atoms with Gasteiger partial charge in [-0.15, -0.1) is 0 Å². The van der Waals surface area contributed by atoms with Crippen molar-refractivity contribution >= 4 is 75.4 Å². The van der Waals surface area contributed by atoms with E-state index in [4.69, 9.17) is 0 Å². The van der Waals surface area contributed by atoms with Gasteiger partial charge in [-0.1, -0.05) is 231 Å². The van der Waals surface area contributed by atoms with Crippen molar-refractivity contribution in [2.45, 2.75) is 0 Å². The van der Waals surface area contributed by atoms with Gasteiger partial charge in [0.1, 0.15) is 0 Å². The van der Waals surface area contributed by atoms with Crippen LogP contribution in [0.5, 0.6) is 0 Å². The molecule has 0 aliphatic heterocycles. The number of benzene rings is 12. The first-order valence-electron chi connectivity index (χ1n) is 23.0. The lowest BCUT2D eigenvalue weighted by Gasteiger charge is -2.19. The standard InChI is InChI=1S/C66H40/c1-5-19-41(20-6-1)46-27-13-14-29-48(46)45-35-36-51-57(39-45)53-32-18-33-54-63(53)58(51)40-59-60(43-23-9-3-10-24-43)65-55-34-17-31-52-50(49-30-16-15-28-47(49)42-21-7-2-8-22-42)37-38-56(62(52)55)66(65)61(64(54)59)44-25-11-4-12-26-44/h1-40H. The molecule has 66 heavy (non-hydrogen) atoms. The Bertz CT molecular complexity index is 4170. The minimum atomic E-state index is 1.22. The van der Waals surface area contributed by atoms with Crippen LogP contribution < -0.4 is 0 Å². The second-order valence-corrected chi connectivity index (χ2v) is 17.8. The third kappa shape index (κ3) is 5.33. The molecule has 0 saturated heterocycles. The van der Waals surface area contributed by atoms with Gasteiger partial charge in [0.2, 0.25) is 0 Å². The fraction of sp³-hybridized carbons (Fsp3) is 0. The van der Waals surface area contributed by atoms with Crippen LogP contribution in [0.2, 0.25) is 0 Å². The normalized spacial score (nSPS) is 11.9. The summed E-state index contributed by atoms with van der Waals surface area (Å²) in [5.74, 6) is 0. The van der Waals surface area contributed by atoms with Crippen molar-refractivity contribution in [2.24, 2.45) is 0 Å². The number of fused-ring (bicyclic) bond motifs is 8. The molecule has 304 valence electrons. The summed E-state index contributed by atoms with van der Waals surface area (Å²) in [5, 5.41) is 18.2. The van der Waals surface area contributed by atoms with E-state index in [1.165, 1.54) is 142 Å². The van der Waals surface area contributed by atoms with E-state index in [0.29, 0.717) is 0 Å². The molecule has 0 radical (unpaired) electrons. The molecule has 0 bridgehead atoms. The highest BCUT2D eigenvalue weighted by atomic mass is 14.3. The van der Waals surface area contributed by atoms with Crippen LogP contribution >= 0.6 is 0 Å². The van der Waals surface area contributed by atoms with E-state index < -0.39 is 0 Å². The summed E-state index contributed by atoms with van der Waals surface area (Å²) >= 11 is 0. The Morgan fingerprint density at radius 2 is 0.591 bits per heavy atom. The van der Waals surface area contributed by atoms with E-state index in [9.17, 15) is 0 Å². The molecule has 0 fully saturated rings. The predicted molar refractivity (Wildman–Crippen MR) is 284 cm³/mol. The molecule has 0 spiro atoms. The van der Waals surface area contributed by atoms with Crippen LogP contribution in [0.4, 0.5) is 0 Å². The summed E-state index contributed by atoms with van der Waals surface area (Å²) in [7, 11) is 0. The molecule has 0 heteroatoms. The van der Waals surface area contributed by atoms with Crippen molar-refractivity contribution in [1.82, 2.24) is 0 Å². The maximum atomic E-state index is 2.55. The SMILES string of the molecule is c1ccc(-c2ccccc2-c2ccc3c(c2)c2cccc4c5c(-c6ccccc6)c6c7ccc(-c8ccccc8-c8ccccc8)c8cccc(c6c(-c6ccccc6)c5cc3c24)c87)cc1. The van der Waals surface area contributed by atoms with E-state index in [1.54, 1.807) is 0 Å². The molecule has 0 amide bonds. The summed E-state index contributed by atoms with van der Waals surface area (Å²) in [6, 6.07) is 90.2. The first kappa shape index (κ1) is 36.9. The van der Waals surface area contributed by atoms with Crippen LogP contribution in [-0.4, -0.2) is 0 Å². The van der Waals surface area contributed by atoms with Crippen molar-refractivity contribution in [2.75, 3.05) is 0 Å². The Balaban J connectivity index is 1.14. The smallest absolute Gasteiger partial charge is 0.000719 e. The van der Waals surface area contributed by atoms with Gasteiger partial charge in [0, 0.05) is 0 Å². The van der Waals surface area contributed by atoms with Crippen LogP contribution in [0.1, 0.15) is 0 Å². The van der Waals surface area contributed by atoms with Gasteiger partial charge in [-0.25, -0.2) is 0 Å². The first-order chi connectivity index (χ1) is 32.8. The molecule has 0 aliphatic carbocycles. The van der Waals surface area contributed by atoms with Crippen molar-refractivity contribution < 1.29 is 0 Å². The van der Waals surface area contributed by atoms with Gasteiger partial charge in [-0.3, -0.25) is 0 Å². The molecule has 0 saturated carbocycles. The molecule has 0 N–H and O–H groups in total. The van der Waals surface area contributed by atoms with Crippen LogP contribution in [0.15, 0.2) is 243 Å². The third-order valence-corrected chi connectivity index (χ3v) is 14.4. The topological polar surface area (TPSA) is 0 Å². The monoisotopic (exact) mass is 832 g/mol. The summed E-state index contributed by atoms with van der Waals surface area (Å²) in [5.41, 5.74) is 15.0. The zero-order valence-corrected chi connectivity index (χ0v) is 36.1. The summed E-state index contributed by atoms with van der Waals surface area (Å²) < 4.78 is 0. The molecule has 0 nitrogen and oxygen atoms in total. The van der Waals surface area contributed by atoms with Crippen LogP contribution in [0.25, 0.3) is 142 Å². The lowest BCUT2D eigenvalue weighted by Crippen LogP contribution is -1.91. The summed E-state index contributed by atoms with van der Waals surface area (Å²) in [4.78, 5) is 0. The van der Waals surface area contributed by atoms with Gasteiger partial charge in [0.05, 0.1) is 0 Å². The van der Waals surface area contributed by atoms with Gasteiger partial charge >= 0.3 is 0 Å². The van der Waals surface area contributed by atoms with Crippen molar-refractivity contribution in [3.8, 4) is 66.8 Å². The Morgan fingerprint density at radius 1 is 0.152 bits per heavy atom. The molecule has 0 atom stereocenters. The second-order valence-electron chi connectivity index (χ2n) is 17.8. The van der Waals surface area contributed by atoms with E-state index in [-0.39, 0.29) is 0 Å². The van der Waals surface area contributed by atoms with E-state index >= 15 is 0 Å². The van der Waals surface area contributed by atoms with Crippen molar-refractivity contribution in [1.29, 1.82) is 0 Å². The van der Waals surface area contributed by atoms with Crippen LogP contribution in [0.3, 0.4) is 0 Å². The number of hydrogen-bond donors (Lipinski definition) is 0. The lowest BCUT2D eigenvalue weighted by molar-refractivity contribution is 1.60. The molecule has 0 unspecified atom stereocenters. The Morgan fingerprint density at radius 3 is 1.23 bits per heavy atom. The van der Waals surface area contributed by atoms with Gasteiger partial charge in [0.15, 0.2) is 0 Å². The second kappa shape index (κ2) is 14.5. The summed E-state index contributed by atoms with van der Waals surface area (Å²) in [6.07, 6.45) is 0. The average molecular weight is 833 g/mol. The van der Waals surface area contributed by atoms with E-state index in [2.05, 4.69) is 243 Å². The Hall–Kier alpha value is -8.58. The summed E-state index contributed by atoms with van der Waals surface area (Å²) in [6.45, 7) is 0.